The highest BCUT2D eigenvalue weighted by molar-refractivity contribution is 5.88. The molecule has 1 atom stereocenters. The molecule has 0 saturated carbocycles. The molecule has 0 spiro atoms. The molecule has 4 rings (SSSR count). The second-order valence-electron chi connectivity index (χ2n) is 6.44. The van der Waals surface area contributed by atoms with Gasteiger partial charge in [0.15, 0.2) is 0 Å². The molecular formula is C20H22N2O2. The Kier molecular flexibility index (Phi) is 3.98. The van der Waals surface area contributed by atoms with Crippen LogP contribution >= 0.6 is 0 Å². The quantitative estimate of drug-likeness (QED) is 0.809. The third kappa shape index (κ3) is 2.57. The Morgan fingerprint density at radius 2 is 1.67 bits per heavy atom. The summed E-state index contributed by atoms with van der Waals surface area (Å²) in [6, 6.07) is 16.7. The molecule has 2 aromatic carbocycles. The first kappa shape index (κ1) is 15.2. The van der Waals surface area contributed by atoms with Gasteiger partial charge in [-0.25, -0.2) is 0 Å². The standard InChI is InChI=1S/C20H22N2O2/c1-21-18-8-4-2-6-15(18)14-17(16-7-3-5-9-19(16)21)20(23)22-10-12-24-13-11-22/h2-9,17H,10-14H2,1H3/t17-/m1/s1. The summed E-state index contributed by atoms with van der Waals surface area (Å²) < 4.78 is 5.40. The van der Waals surface area contributed by atoms with Crippen LogP contribution in [0.4, 0.5) is 11.4 Å². The van der Waals surface area contributed by atoms with Crippen LogP contribution in [0.25, 0.3) is 0 Å². The van der Waals surface area contributed by atoms with Gasteiger partial charge in [0.25, 0.3) is 0 Å². The maximum atomic E-state index is 13.2. The third-order valence-corrected chi connectivity index (χ3v) is 5.07. The molecule has 0 radical (unpaired) electrons. The summed E-state index contributed by atoms with van der Waals surface area (Å²) >= 11 is 0. The third-order valence-electron chi connectivity index (χ3n) is 5.07. The van der Waals surface area contributed by atoms with E-state index in [0.717, 1.165) is 17.7 Å². The summed E-state index contributed by atoms with van der Waals surface area (Å²) in [7, 11) is 2.08. The Morgan fingerprint density at radius 3 is 2.46 bits per heavy atom. The molecule has 4 heteroatoms. The molecule has 2 aliphatic rings. The maximum Gasteiger partial charge on any atom is 0.230 e. The molecule has 0 aliphatic carbocycles. The summed E-state index contributed by atoms with van der Waals surface area (Å²) in [5, 5.41) is 0. The molecule has 0 unspecified atom stereocenters. The first-order valence-electron chi connectivity index (χ1n) is 8.53. The number of ether oxygens (including phenoxy) is 1. The lowest BCUT2D eigenvalue weighted by atomic mass is 9.90. The number of para-hydroxylation sites is 2. The summed E-state index contributed by atoms with van der Waals surface area (Å²) in [4.78, 5) is 17.4. The lowest BCUT2D eigenvalue weighted by molar-refractivity contribution is -0.136. The minimum absolute atomic E-state index is 0.134. The normalized spacial score (nSPS) is 20.1. The van der Waals surface area contributed by atoms with Crippen molar-refractivity contribution in [3.8, 4) is 0 Å². The molecule has 0 aromatic heterocycles. The zero-order valence-electron chi connectivity index (χ0n) is 13.9. The molecule has 0 N–H and O–H groups in total. The predicted octanol–water partition coefficient (Wildman–Crippen LogP) is 2.95. The number of nitrogens with zero attached hydrogens (tertiary/aromatic N) is 2. The predicted molar refractivity (Wildman–Crippen MR) is 94.8 cm³/mol. The number of amides is 1. The summed E-state index contributed by atoms with van der Waals surface area (Å²) in [6.07, 6.45) is 0.744. The molecule has 1 saturated heterocycles. The van der Waals surface area contributed by atoms with Gasteiger partial charge in [0.1, 0.15) is 0 Å². The van der Waals surface area contributed by atoms with Crippen molar-refractivity contribution >= 4 is 17.3 Å². The maximum absolute atomic E-state index is 13.2. The van der Waals surface area contributed by atoms with E-state index in [2.05, 4.69) is 48.3 Å². The highest BCUT2D eigenvalue weighted by Gasteiger charge is 2.32. The number of morpholine rings is 1. The first-order valence-corrected chi connectivity index (χ1v) is 8.53. The zero-order valence-corrected chi connectivity index (χ0v) is 13.9. The largest absolute Gasteiger partial charge is 0.378 e. The van der Waals surface area contributed by atoms with E-state index in [-0.39, 0.29) is 11.8 Å². The van der Waals surface area contributed by atoms with Gasteiger partial charge in [0.2, 0.25) is 5.91 Å². The topological polar surface area (TPSA) is 32.8 Å². The summed E-state index contributed by atoms with van der Waals surface area (Å²) in [5.41, 5.74) is 4.65. The Labute approximate surface area is 142 Å². The van der Waals surface area contributed by atoms with E-state index in [1.54, 1.807) is 0 Å². The van der Waals surface area contributed by atoms with Crippen molar-refractivity contribution in [1.29, 1.82) is 0 Å². The Bertz CT molecular complexity index is 753. The molecule has 4 nitrogen and oxygen atoms in total. The van der Waals surface area contributed by atoms with E-state index in [9.17, 15) is 4.79 Å². The van der Waals surface area contributed by atoms with E-state index in [4.69, 9.17) is 4.74 Å². The van der Waals surface area contributed by atoms with Crippen molar-refractivity contribution in [3.05, 3.63) is 59.7 Å². The average molecular weight is 322 g/mol. The molecule has 2 aliphatic heterocycles. The minimum Gasteiger partial charge on any atom is -0.378 e. The van der Waals surface area contributed by atoms with Gasteiger partial charge in [-0.05, 0) is 29.7 Å². The molecule has 24 heavy (non-hydrogen) atoms. The number of fused-ring (bicyclic) bond motifs is 2. The van der Waals surface area contributed by atoms with E-state index in [0.29, 0.717) is 26.3 Å². The van der Waals surface area contributed by atoms with E-state index < -0.39 is 0 Å². The Morgan fingerprint density at radius 1 is 1.00 bits per heavy atom. The van der Waals surface area contributed by atoms with Gasteiger partial charge in [-0.1, -0.05) is 36.4 Å². The minimum atomic E-state index is -0.134. The fourth-order valence-electron chi connectivity index (χ4n) is 3.78. The summed E-state index contributed by atoms with van der Waals surface area (Å²) in [6.45, 7) is 2.65. The number of carbonyl (C=O) groups is 1. The van der Waals surface area contributed by atoms with Gasteiger partial charge in [-0.15, -0.1) is 0 Å². The van der Waals surface area contributed by atoms with Crippen LogP contribution in [0.1, 0.15) is 17.0 Å². The van der Waals surface area contributed by atoms with E-state index in [1.807, 2.05) is 17.0 Å². The molecule has 1 fully saturated rings. The van der Waals surface area contributed by atoms with Crippen LogP contribution < -0.4 is 4.90 Å². The van der Waals surface area contributed by atoms with Crippen molar-refractivity contribution in [2.45, 2.75) is 12.3 Å². The van der Waals surface area contributed by atoms with Crippen molar-refractivity contribution in [2.24, 2.45) is 0 Å². The number of carbonyl (C=O) groups excluding carboxylic acids is 1. The van der Waals surface area contributed by atoms with Crippen LogP contribution in [-0.4, -0.2) is 44.2 Å². The molecule has 0 bridgehead atoms. The van der Waals surface area contributed by atoms with Crippen LogP contribution in [0.15, 0.2) is 48.5 Å². The van der Waals surface area contributed by atoms with Gasteiger partial charge in [0.05, 0.1) is 19.1 Å². The average Bonchev–Trinajstić information content (AvgIpc) is 2.78. The van der Waals surface area contributed by atoms with Crippen molar-refractivity contribution < 1.29 is 9.53 Å². The van der Waals surface area contributed by atoms with Crippen molar-refractivity contribution in [2.75, 3.05) is 38.3 Å². The first-order chi connectivity index (χ1) is 11.8. The van der Waals surface area contributed by atoms with E-state index >= 15 is 0 Å². The van der Waals surface area contributed by atoms with Gasteiger partial charge in [0, 0.05) is 31.5 Å². The smallest absolute Gasteiger partial charge is 0.230 e. The molecular weight excluding hydrogens is 300 g/mol. The molecule has 2 aromatic rings. The van der Waals surface area contributed by atoms with Crippen LogP contribution in [0.5, 0.6) is 0 Å². The van der Waals surface area contributed by atoms with Crippen LogP contribution in [0, 0.1) is 0 Å². The van der Waals surface area contributed by atoms with Gasteiger partial charge < -0.3 is 14.5 Å². The molecule has 1 amide bonds. The van der Waals surface area contributed by atoms with Crippen molar-refractivity contribution in [3.63, 3.8) is 0 Å². The monoisotopic (exact) mass is 322 g/mol. The Hall–Kier alpha value is -2.33. The number of hydrogen-bond donors (Lipinski definition) is 0. The van der Waals surface area contributed by atoms with Crippen molar-refractivity contribution in [1.82, 2.24) is 4.90 Å². The molecule has 2 heterocycles. The number of rotatable bonds is 1. The van der Waals surface area contributed by atoms with Gasteiger partial charge in [-0.2, -0.15) is 0 Å². The second kappa shape index (κ2) is 6.29. The number of anilines is 2. The summed E-state index contributed by atoms with van der Waals surface area (Å²) in [5.74, 6) is 0.0845. The van der Waals surface area contributed by atoms with Crippen LogP contribution in [0.2, 0.25) is 0 Å². The molecule has 124 valence electrons. The van der Waals surface area contributed by atoms with Gasteiger partial charge in [-0.3, -0.25) is 4.79 Å². The fraction of sp³-hybridized carbons (Fsp3) is 0.350. The lowest BCUT2D eigenvalue weighted by Gasteiger charge is -2.31. The fourth-order valence-corrected chi connectivity index (χ4v) is 3.78. The highest BCUT2D eigenvalue weighted by atomic mass is 16.5. The number of hydrogen-bond acceptors (Lipinski definition) is 3. The number of benzene rings is 2. The Balaban J connectivity index is 1.78. The second-order valence-corrected chi connectivity index (χ2v) is 6.44. The van der Waals surface area contributed by atoms with E-state index in [1.165, 1.54) is 11.3 Å². The zero-order chi connectivity index (χ0) is 16.5. The van der Waals surface area contributed by atoms with Crippen LogP contribution in [-0.2, 0) is 16.0 Å². The lowest BCUT2D eigenvalue weighted by Crippen LogP contribution is -2.43. The highest BCUT2D eigenvalue weighted by Crippen LogP contribution is 2.40. The van der Waals surface area contributed by atoms with Crippen LogP contribution in [0.3, 0.4) is 0 Å². The SMILES string of the molecule is CN1c2ccccc2C[C@@H](C(=O)N2CCOCC2)c2ccccc21. The van der Waals surface area contributed by atoms with Gasteiger partial charge >= 0.3 is 0 Å².